The van der Waals surface area contributed by atoms with E-state index in [9.17, 15) is 0 Å². The van der Waals surface area contributed by atoms with Crippen LogP contribution in [0.2, 0.25) is 0 Å². The van der Waals surface area contributed by atoms with Crippen LogP contribution in [0.1, 0.15) is 32.4 Å². The van der Waals surface area contributed by atoms with Crippen molar-refractivity contribution in [2.75, 3.05) is 0 Å². The van der Waals surface area contributed by atoms with E-state index < -0.39 is 0 Å². The van der Waals surface area contributed by atoms with Gasteiger partial charge in [0.05, 0.1) is 11.2 Å². The molecule has 0 bridgehead atoms. The lowest BCUT2D eigenvalue weighted by atomic mass is 10.2. The summed E-state index contributed by atoms with van der Waals surface area (Å²) in [5.41, 5.74) is 1.19. The van der Waals surface area contributed by atoms with Crippen molar-refractivity contribution >= 4 is 0 Å². The molecule has 1 aliphatic carbocycles. The third-order valence-corrected chi connectivity index (χ3v) is 2.24. The van der Waals surface area contributed by atoms with Crippen LogP contribution in [0.3, 0.4) is 0 Å². The van der Waals surface area contributed by atoms with Gasteiger partial charge in [-0.05, 0) is 26.7 Å². The van der Waals surface area contributed by atoms with E-state index in [1.807, 2.05) is 0 Å². The zero-order valence-corrected chi connectivity index (χ0v) is 7.50. The van der Waals surface area contributed by atoms with Gasteiger partial charge in [-0.2, -0.15) is 0 Å². The van der Waals surface area contributed by atoms with Crippen LogP contribution in [0.25, 0.3) is 0 Å². The molecular weight excluding hydrogens is 152 g/mol. The minimum Gasteiger partial charge on any atom is -0.451 e. The maximum atomic E-state index is 4.97. The molecule has 1 fully saturated rings. The molecule has 1 aliphatic rings. The standard InChI is InChI=1S/C9H14N2O/c1-7(2)11-9(3-4-9)8-5-12-6-10-8/h5-7,11H,3-4H2,1-2H3. The van der Waals surface area contributed by atoms with Gasteiger partial charge >= 0.3 is 0 Å². The minimum absolute atomic E-state index is 0.140. The van der Waals surface area contributed by atoms with Gasteiger partial charge in [-0.1, -0.05) is 0 Å². The SMILES string of the molecule is CC(C)NC1(c2cocn2)CC1. The van der Waals surface area contributed by atoms with Crippen LogP contribution in [0.15, 0.2) is 17.1 Å². The van der Waals surface area contributed by atoms with E-state index >= 15 is 0 Å². The highest BCUT2D eigenvalue weighted by Gasteiger charge is 2.46. The molecule has 0 unspecified atom stereocenters. The summed E-state index contributed by atoms with van der Waals surface area (Å²) < 4.78 is 4.97. The second kappa shape index (κ2) is 2.59. The fourth-order valence-electron chi connectivity index (χ4n) is 1.60. The van der Waals surface area contributed by atoms with Gasteiger partial charge in [-0.3, -0.25) is 0 Å². The molecule has 12 heavy (non-hydrogen) atoms. The lowest BCUT2D eigenvalue weighted by Crippen LogP contribution is -2.34. The molecule has 0 saturated heterocycles. The van der Waals surface area contributed by atoms with Crippen molar-refractivity contribution in [2.24, 2.45) is 0 Å². The summed E-state index contributed by atoms with van der Waals surface area (Å²) in [4.78, 5) is 4.17. The van der Waals surface area contributed by atoms with Gasteiger partial charge in [-0.25, -0.2) is 4.98 Å². The summed E-state index contributed by atoms with van der Waals surface area (Å²) in [5.74, 6) is 0. The van der Waals surface area contributed by atoms with Gasteiger partial charge in [0.1, 0.15) is 6.26 Å². The van der Waals surface area contributed by atoms with Gasteiger partial charge in [0.15, 0.2) is 6.39 Å². The van der Waals surface area contributed by atoms with Crippen molar-refractivity contribution in [2.45, 2.75) is 38.3 Å². The number of hydrogen-bond donors (Lipinski definition) is 1. The van der Waals surface area contributed by atoms with E-state index in [0.717, 1.165) is 5.69 Å². The molecule has 0 aliphatic heterocycles. The van der Waals surface area contributed by atoms with Crippen molar-refractivity contribution in [3.8, 4) is 0 Å². The van der Waals surface area contributed by atoms with Crippen LogP contribution in [-0.2, 0) is 5.54 Å². The van der Waals surface area contributed by atoms with Crippen molar-refractivity contribution in [3.05, 3.63) is 18.4 Å². The van der Waals surface area contributed by atoms with E-state index in [1.54, 1.807) is 6.26 Å². The first-order valence-electron chi connectivity index (χ1n) is 4.39. The quantitative estimate of drug-likeness (QED) is 0.742. The smallest absolute Gasteiger partial charge is 0.180 e. The average molecular weight is 166 g/mol. The first-order chi connectivity index (χ1) is 5.73. The summed E-state index contributed by atoms with van der Waals surface area (Å²) in [6, 6.07) is 0.504. The maximum Gasteiger partial charge on any atom is 0.180 e. The van der Waals surface area contributed by atoms with Gasteiger partial charge in [-0.15, -0.1) is 0 Å². The first kappa shape index (κ1) is 7.80. The number of aromatic nitrogens is 1. The second-order valence-corrected chi connectivity index (χ2v) is 3.75. The Morgan fingerprint density at radius 3 is 2.75 bits per heavy atom. The molecule has 1 aromatic rings. The van der Waals surface area contributed by atoms with Crippen LogP contribution in [0.4, 0.5) is 0 Å². The fraction of sp³-hybridized carbons (Fsp3) is 0.667. The van der Waals surface area contributed by atoms with Crippen LogP contribution in [-0.4, -0.2) is 11.0 Å². The van der Waals surface area contributed by atoms with Crippen molar-refractivity contribution < 1.29 is 4.42 Å². The lowest BCUT2D eigenvalue weighted by molar-refractivity contribution is 0.450. The van der Waals surface area contributed by atoms with Gasteiger partial charge in [0, 0.05) is 6.04 Å². The van der Waals surface area contributed by atoms with E-state index in [-0.39, 0.29) is 5.54 Å². The van der Waals surface area contributed by atoms with Crippen LogP contribution in [0.5, 0.6) is 0 Å². The summed E-state index contributed by atoms with van der Waals surface area (Å²) in [6.07, 6.45) is 5.59. The van der Waals surface area contributed by atoms with Crippen LogP contribution < -0.4 is 5.32 Å². The molecule has 66 valence electrons. The molecule has 0 aromatic carbocycles. The van der Waals surface area contributed by atoms with E-state index in [2.05, 4.69) is 24.1 Å². The average Bonchev–Trinajstić information content (AvgIpc) is 2.61. The third kappa shape index (κ3) is 1.25. The number of nitrogens with one attached hydrogen (secondary N) is 1. The molecule has 0 spiro atoms. The molecule has 3 nitrogen and oxygen atoms in total. The van der Waals surface area contributed by atoms with Crippen molar-refractivity contribution in [3.63, 3.8) is 0 Å². The van der Waals surface area contributed by atoms with Gasteiger partial charge in [0.25, 0.3) is 0 Å². The Balaban J connectivity index is 2.12. The van der Waals surface area contributed by atoms with E-state index in [0.29, 0.717) is 6.04 Å². The van der Waals surface area contributed by atoms with Crippen molar-refractivity contribution in [1.29, 1.82) is 0 Å². The normalized spacial score (nSPS) is 19.9. The van der Waals surface area contributed by atoms with Crippen molar-refractivity contribution in [1.82, 2.24) is 10.3 Å². The zero-order chi connectivity index (χ0) is 8.60. The molecule has 1 heterocycles. The Kier molecular flexibility index (Phi) is 1.68. The summed E-state index contributed by atoms with van der Waals surface area (Å²) in [7, 11) is 0. The highest BCUT2D eigenvalue weighted by atomic mass is 16.3. The molecule has 1 saturated carbocycles. The molecule has 3 heteroatoms. The maximum absolute atomic E-state index is 4.97. The van der Waals surface area contributed by atoms with Crippen LogP contribution >= 0.6 is 0 Å². The largest absolute Gasteiger partial charge is 0.451 e. The Hall–Kier alpha value is -0.830. The van der Waals surface area contributed by atoms with Crippen LogP contribution in [0, 0.1) is 0 Å². The highest BCUT2D eigenvalue weighted by Crippen LogP contribution is 2.44. The monoisotopic (exact) mass is 166 g/mol. The Morgan fingerprint density at radius 1 is 1.58 bits per heavy atom. The minimum atomic E-state index is 0.140. The predicted molar refractivity (Wildman–Crippen MR) is 45.7 cm³/mol. The predicted octanol–water partition coefficient (Wildman–Crippen LogP) is 1.66. The summed E-state index contributed by atoms with van der Waals surface area (Å²) >= 11 is 0. The summed E-state index contributed by atoms with van der Waals surface area (Å²) in [6.45, 7) is 4.31. The second-order valence-electron chi connectivity index (χ2n) is 3.75. The molecule has 0 atom stereocenters. The van der Waals surface area contributed by atoms with E-state index in [1.165, 1.54) is 19.2 Å². The van der Waals surface area contributed by atoms with E-state index in [4.69, 9.17) is 4.42 Å². The molecule has 1 N–H and O–H groups in total. The third-order valence-electron chi connectivity index (χ3n) is 2.24. The molecule has 0 radical (unpaired) electrons. The highest BCUT2D eigenvalue weighted by molar-refractivity contribution is 5.19. The Labute approximate surface area is 72.2 Å². The number of rotatable bonds is 3. The Bertz CT molecular complexity index is 250. The van der Waals surface area contributed by atoms with Gasteiger partial charge < -0.3 is 9.73 Å². The summed E-state index contributed by atoms with van der Waals surface area (Å²) in [5, 5.41) is 3.51. The van der Waals surface area contributed by atoms with Gasteiger partial charge in [0.2, 0.25) is 0 Å². The molecule has 1 aromatic heterocycles. The Morgan fingerprint density at radius 2 is 2.33 bits per heavy atom. The molecule has 2 rings (SSSR count). The number of nitrogens with zero attached hydrogens (tertiary/aromatic N) is 1. The zero-order valence-electron chi connectivity index (χ0n) is 7.50. The number of hydrogen-bond acceptors (Lipinski definition) is 3. The molecular formula is C9H14N2O. The fourth-order valence-corrected chi connectivity index (χ4v) is 1.60. The molecule has 0 amide bonds. The first-order valence-corrected chi connectivity index (χ1v) is 4.39. The topological polar surface area (TPSA) is 38.1 Å². The number of oxazole rings is 1. The lowest BCUT2D eigenvalue weighted by Gasteiger charge is -2.17.